The predicted molar refractivity (Wildman–Crippen MR) is 105 cm³/mol. The van der Waals surface area contributed by atoms with Crippen LogP contribution in [0.3, 0.4) is 0 Å². The third-order valence-electron chi connectivity index (χ3n) is 4.61. The maximum atomic E-state index is 13.2. The van der Waals surface area contributed by atoms with Gasteiger partial charge in [0.15, 0.2) is 0 Å². The first-order valence-corrected chi connectivity index (χ1v) is 8.81. The number of tetrazole rings is 1. The Balaban J connectivity index is 1.82. The maximum Gasteiger partial charge on any atom is 0.255 e. The highest BCUT2D eigenvalue weighted by Crippen LogP contribution is 2.40. The molecule has 10 nitrogen and oxygen atoms in total. The molecule has 1 aromatic carbocycles. The zero-order valence-electron chi connectivity index (χ0n) is 16.1. The lowest BCUT2D eigenvalue weighted by molar-refractivity contribution is -0.113. The minimum absolute atomic E-state index is 0.299. The lowest BCUT2D eigenvalue weighted by Gasteiger charge is -2.29. The summed E-state index contributed by atoms with van der Waals surface area (Å²) in [5.41, 5.74) is 2.40. The molecule has 3 heterocycles. The van der Waals surface area contributed by atoms with Crippen LogP contribution >= 0.6 is 0 Å². The number of benzene rings is 1. The van der Waals surface area contributed by atoms with Crippen molar-refractivity contribution in [3.63, 3.8) is 0 Å². The van der Waals surface area contributed by atoms with E-state index < -0.39 is 6.04 Å². The van der Waals surface area contributed by atoms with Crippen molar-refractivity contribution in [2.45, 2.75) is 13.0 Å². The summed E-state index contributed by atoms with van der Waals surface area (Å²) >= 11 is 0. The van der Waals surface area contributed by atoms with Gasteiger partial charge in [0.2, 0.25) is 5.95 Å². The molecule has 0 bridgehead atoms. The largest absolute Gasteiger partial charge is 0.497 e. The molecule has 10 heteroatoms. The molecular formula is C19H19N7O3. The number of aromatic nitrogens is 5. The van der Waals surface area contributed by atoms with E-state index in [1.54, 1.807) is 62.5 Å². The van der Waals surface area contributed by atoms with Crippen molar-refractivity contribution < 1.29 is 14.3 Å². The summed E-state index contributed by atoms with van der Waals surface area (Å²) in [7, 11) is 3.14. The molecule has 0 radical (unpaired) electrons. The molecule has 0 spiro atoms. The highest BCUT2D eigenvalue weighted by molar-refractivity contribution is 6.06. The summed E-state index contributed by atoms with van der Waals surface area (Å²) in [6.07, 6.45) is 3.22. The molecule has 1 atom stereocenters. The number of pyridine rings is 1. The van der Waals surface area contributed by atoms with Gasteiger partial charge < -0.3 is 20.1 Å². The monoisotopic (exact) mass is 393 g/mol. The van der Waals surface area contributed by atoms with Gasteiger partial charge in [0, 0.05) is 23.5 Å². The lowest BCUT2D eigenvalue weighted by atomic mass is 9.94. The Kier molecular flexibility index (Phi) is 4.82. The van der Waals surface area contributed by atoms with Crippen LogP contribution in [0.1, 0.15) is 18.5 Å². The number of carbonyl (C=O) groups excluding carboxylic acids is 1. The summed E-state index contributed by atoms with van der Waals surface area (Å²) in [5.74, 6) is 1.33. The fourth-order valence-corrected chi connectivity index (χ4v) is 3.27. The minimum atomic E-state index is -0.598. The van der Waals surface area contributed by atoms with E-state index in [2.05, 4.69) is 31.1 Å². The van der Waals surface area contributed by atoms with Crippen LogP contribution in [-0.2, 0) is 4.79 Å². The fourth-order valence-electron chi connectivity index (χ4n) is 3.27. The molecule has 3 aromatic rings. The zero-order chi connectivity index (χ0) is 20.4. The number of methoxy groups -OCH3 is 2. The van der Waals surface area contributed by atoms with E-state index in [-0.39, 0.29) is 5.91 Å². The lowest BCUT2D eigenvalue weighted by Crippen LogP contribution is -2.31. The van der Waals surface area contributed by atoms with Gasteiger partial charge in [0.1, 0.15) is 17.5 Å². The Morgan fingerprint density at radius 3 is 2.83 bits per heavy atom. The number of hydrogen-bond donors (Lipinski definition) is 2. The molecule has 1 unspecified atom stereocenters. The number of carbonyl (C=O) groups is 1. The maximum absolute atomic E-state index is 13.2. The Labute approximate surface area is 166 Å². The molecule has 1 aliphatic heterocycles. The number of nitrogens with zero attached hydrogens (tertiary/aromatic N) is 5. The highest BCUT2D eigenvalue weighted by atomic mass is 16.5. The number of nitrogens with one attached hydrogen (secondary N) is 2. The molecular weight excluding hydrogens is 374 g/mol. The molecule has 1 aliphatic rings. The SMILES string of the molecule is COc1ccc(C2C(C(=O)Nc3cccnc3)=C(C)Nc3nnnn32)c(OC)c1. The standard InChI is InChI=1S/C19H19N7O3/c1-11-16(18(27)22-12-5-4-8-20-10-12)17(26-19(21-11)23-24-25-26)14-7-6-13(28-2)9-15(14)29-3/h4-10,17H,1-3H3,(H,22,27)(H,21,23,25). The summed E-state index contributed by atoms with van der Waals surface area (Å²) in [6, 6.07) is 8.31. The number of fused-ring (bicyclic) bond motifs is 1. The molecule has 148 valence electrons. The van der Waals surface area contributed by atoms with E-state index >= 15 is 0 Å². The van der Waals surface area contributed by atoms with Crippen LogP contribution in [0.25, 0.3) is 0 Å². The van der Waals surface area contributed by atoms with Gasteiger partial charge in [-0.3, -0.25) is 9.78 Å². The van der Waals surface area contributed by atoms with Crippen molar-refractivity contribution in [1.82, 2.24) is 25.2 Å². The molecule has 4 rings (SSSR count). The smallest absolute Gasteiger partial charge is 0.255 e. The van der Waals surface area contributed by atoms with Crippen molar-refractivity contribution in [3.05, 3.63) is 59.6 Å². The Morgan fingerprint density at radius 1 is 1.24 bits per heavy atom. The van der Waals surface area contributed by atoms with E-state index in [0.717, 1.165) is 5.56 Å². The molecule has 29 heavy (non-hydrogen) atoms. The van der Waals surface area contributed by atoms with E-state index in [1.807, 2.05) is 6.07 Å². The Hall–Kier alpha value is -3.95. The molecule has 2 N–H and O–H groups in total. The fraction of sp³-hybridized carbons (Fsp3) is 0.211. The number of allylic oxidation sites excluding steroid dienone is 1. The summed E-state index contributed by atoms with van der Waals surface area (Å²) in [4.78, 5) is 17.3. The minimum Gasteiger partial charge on any atom is -0.497 e. The predicted octanol–water partition coefficient (Wildman–Crippen LogP) is 2.01. The normalized spacial score (nSPS) is 15.3. The quantitative estimate of drug-likeness (QED) is 0.676. The molecule has 0 saturated heterocycles. The van der Waals surface area contributed by atoms with E-state index in [4.69, 9.17) is 9.47 Å². The van der Waals surface area contributed by atoms with Crippen LogP contribution < -0.4 is 20.1 Å². The van der Waals surface area contributed by atoms with Crippen molar-refractivity contribution in [2.75, 3.05) is 24.9 Å². The van der Waals surface area contributed by atoms with Crippen LogP contribution in [-0.4, -0.2) is 45.3 Å². The van der Waals surface area contributed by atoms with Crippen molar-refractivity contribution in [3.8, 4) is 11.5 Å². The van der Waals surface area contributed by atoms with Gasteiger partial charge in [-0.15, -0.1) is 0 Å². The van der Waals surface area contributed by atoms with Crippen LogP contribution in [0.5, 0.6) is 11.5 Å². The van der Waals surface area contributed by atoms with Gasteiger partial charge in [0.25, 0.3) is 5.91 Å². The summed E-state index contributed by atoms with van der Waals surface area (Å²) < 4.78 is 12.4. The van der Waals surface area contributed by atoms with Crippen molar-refractivity contribution in [1.29, 1.82) is 0 Å². The molecule has 1 amide bonds. The third kappa shape index (κ3) is 3.35. The van der Waals surface area contributed by atoms with Gasteiger partial charge in [-0.05, 0) is 41.6 Å². The van der Waals surface area contributed by atoms with Crippen molar-refractivity contribution >= 4 is 17.5 Å². The second-order valence-corrected chi connectivity index (χ2v) is 6.32. The van der Waals surface area contributed by atoms with Gasteiger partial charge in [0.05, 0.1) is 31.7 Å². The first-order chi connectivity index (χ1) is 14.1. The Morgan fingerprint density at radius 2 is 2.10 bits per heavy atom. The molecule has 0 saturated carbocycles. The third-order valence-corrected chi connectivity index (χ3v) is 4.61. The first-order valence-electron chi connectivity index (χ1n) is 8.81. The van der Waals surface area contributed by atoms with Gasteiger partial charge in [-0.25, -0.2) is 0 Å². The van der Waals surface area contributed by atoms with E-state index in [0.29, 0.717) is 34.4 Å². The van der Waals surface area contributed by atoms with Crippen molar-refractivity contribution in [2.24, 2.45) is 0 Å². The van der Waals surface area contributed by atoms with Crippen LogP contribution in [0.4, 0.5) is 11.6 Å². The van der Waals surface area contributed by atoms with E-state index in [1.165, 1.54) is 0 Å². The molecule has 2 aromatic heterocycles. The number of rotatable bonds is 5. The number of ether oxygens (including phenoxy) is 2. The second kappa shape index (κ2) is 7.58. The van der Waals surface area contributed by atoms with Gasteiger partial charge in [-0.2, -0.15) is 4.68 Å². The summed E-state index contributed by atoms with van der Waals surface area (Å²) in [5, 5.41) is 17.8. The van der Waals surface area contributed by atoms with Gasteiger partial charge >= 0.3 is 0 Å². The summed E-state index contributed by atoms with van der Waals surface area (Å²) in [6.45, 7) is 1.80. The number of hydrogen-bond acceptors (Lipinski definition) is 8. The Bertz CT molecular complexity index is 1080. The zero-order valence-corrected chi connectivity index (χ0v) is 16.1. The van der Waals surface area contributed by atoms with Crippen LogP contribution in [0.2, 0.25) is 0 Å². The highest BCUT2D eigenvalue weighted by Gasteiger charge is 2.35. The van der Waals surface area contributed by atoms with Crippen LogP contribution in [0.15, 0.2) is 54.0 Å². The van der Waals surface area contributed by atoms with Crippen LogP contribution in [0, 0.1) is 0 Å². The molecule has 0 aliphatic carbocycles. The van der Waals surface area contributed by atoms with Gasteiger partial charge in [-0.1, -0.05) is 5.10 Å². The topological polar surface area (TPSA) is 116 Å². The number of amides is 1. The average molecular weight is 393 g/mol. The second-order valence-electron chi connectivity index (χ2n) is 6.32. The number of anilines is 2. The van der Waals surface area contributed by atoms with E-state index in [9.17, 15) is 4.79 Å². The first kappa shape index (κ1) is 18.4. The average Bonchev–Trinajstić information content (AvgIpc) is 3.21. The molecule has 0 fully saturated rings.